The fourth-order valence-electron chi connectivity index (χ4n) is 2.46. The second kappa shape index (κ2) is 3.80. The van der Waals surface area contributed by atoms with Gasteiger partial charge in [0.25, 0.3) is 17.1 Å². The number of carbonyl (C=O) groups is 1. The molecule has 0 bridgehead atoms. The number of hydrogen-bond donors (Lipinski definition) is 2. The quantitative estimate of drug-likeness (QED) is 0.692. The number of fused-ring (bicyclic) bond motifs is 3. The van der Waals surface area contributed by atoms with Crippen molar-refractivity contribution in [2.24, 2.45) is 0 Å². The summed E-state index contributed by atoms with van der Waals surface area (Å²) in [5.74, 6) is -2.01. The molecule has 6 nitrogen and oxygen atoms in total. The number of nitrogens with one attached hydrogen (secondary N) is 1. The van der Waals surface area contributed by atoms with Crippen LogP contribution in [-0.2, 0) is 16.9 Å². The highest BCUT2D eigenvalue weighted by Gasteiger charge is 2.67. The molecular formula is C11H10F3N3O3S. The molecule has 114 valence electrons. The van der Waals surface area contributed by atoms with Crippen molar-refractivity contribution in [3.8, 4) is 0 Å². The number of aliphatic hydroxyl groups is 1. The number of rotatable bonds is 0. The average Bonchev–Trinajstić information content (AvgIpc) is 2.74. The van der Waals surface area contributed by atoms with Crippen molar-refractivity contribution in [2.45, 2.75) is 42.1 Å². The molecule has 1 aromatic heterocycles. The van der Waals surface area contributed by atoms with Gasteiger partial charge in [-0.2, -0.15) is 18.2 Å². The zero-order valence-electron chi connectivity index (χ0n) is 10.9. The van der Waals surface area contributed by atoms with E-state index in [0.717, 1.165) is 0 Å². The minimum Gasteiger partial charge on any atom is -0.368 e. The Labute approximate surface area is 120 Å². The van der Waals surface area contributed by atoms with Crippen molar-refractivity contribution in [1.29, 1.82) is 0 Å². The van der Waals surface area contributed by atoms with Crippen LogP contribution in [-0.4, -0.2) is 31.5 Å². The predicted octanol–water partition coefficient (Wildman–Crippen LogP) is 0.830. The number of aromatic nitrogens is 2. The van der Waals surface area contributed by atoms with E-state index >= 15 is 0 Å². The van der Waals surface area contributed by atoms with Crippen LogP contribution in [0.25, 0.3) is 0 Å². The molecule has 0 saturated carbocycles. The number of hydrogen-bond acceptors (Lipinski definition) is 5. The van der Waals surface area contributed by atoms with Crippen LogP contribution in [0, 0.1) is 0 Å². The Balaban J connectivity index is 2.31. The molecule has 2 N–H and O–H groups in total. The molecule has 1 aromatic rings. The number of anilines is 1. The Morgan fingerprint density at radius 2 is 2.00 bits per heavy atom. The molecule has 3 heterocycles. The molecule has 21 heavy (non-hydrogen) atoms. The first-order valence-electron chi connectivity index (χ1n) is 5.92. The van der Waals surface area contributed by atoms with E-state index < -0.39 is 28.8 Å². The lowest BCUT2D eigenvalue weighted by Crippen LogP contribution is -2.50. The summed E-state index contributed by atoms with van der Waals surface area (Å²) in [5.41, 5.74) is -6.16. The molecule has 0 aromatic carbocycles. The molecule has 3 rings (SSSR count). The van der Waals surface area contributed by atoms with Crippen LogP contribution in [0.1, 0.15) is 19.4 Å². The Hall–Kier alpha value is -1.55. The molecule has 0 fully saturated rings. The first-order valence-corrected chi connectivity index (χ1v) is 6.74. The second-order valence-electron chi connectivity index (χ2n) is 5.53. The molecule has 0 spiro atoms. The maximum Gasteiger partial charge on any atom is 0.431 e. The van der Waals surface area contributed by atoms with Crippen LogP contribution < -0.4 is 10.9 Å². The van der Waals surface area contributed by atoms with E-state index in [9.17, 15) is 27.9 Å². The number of thioether (sulfide) groups is 1. The monoisotopic (exact) mass is 321 g/mol. The van der Waals surface area contributed by atoms with Crippen molar-refractivity contribution in [3.05, 3.63) is 15.9 Å². The summed E-state index contributed by atoms with van der Waals surface area (Å²) in [5, 5.41) is 12.0. The van der Waals surface area contributed by atoms with Gasteiger partial charge in [0.05, 0.1) is 0 Å². The molecule has 2 aliphatic heterocycles. The Morgan fingerprint density at radius 1 is 1.38 bits per heavy atom. The normalized spacial score (nSPS) is 26.5. The highest BCUT2D eigenvalue weighted by molar-refractivity contribution is 8.00. The molecule has 0 saturated heterocycles. The largest absolute Gasteiger partial charge is 0.431 e. The van der Waals surface area contributed by atoms with E-state index in [4.69, 9.17) is 0 Å². The van der Waals surface area contributed by atoms with Gasteiger partial charge in [0.15, 0.2) is 5.16 Å². The Morgan fingerprint density at radius 3 is 2.57 bits per heavy atom. The summed E-state index contributed by atoms with van der Waals surface area (Å²) in [6, 6.07) is 0. The average molecular weight is 321 g/mol. The molecule has 0 unspecified atom stereocenters. The molecule has 1 atom stereocenters. The number of amides is 1. The lowest BCUT2D eigenvalue weighted by Gasteiger charge is -2.22. The number of alkyl halides is 3. The van der Waals surface area contributed by atoms with Gasteiger partial charge in [-0.15, -0.1) is 0 Å². The van der Waals surface area contributed by atoms with Crippen LogP contribution in [0.15, 0.2) is 9.95 Å². The molecule has 0 aliphatic carbocycles. The third-order valence-electron chi connectivity index (χ3n) is 3.39. The van der Waals surface area contributed by atoms with Crippen LogP contribution in [0.5, 0.6) is 0 Å². The van der Waals surface area contributed by atoms with E-state index in [0.29, 0.717) is 0 Å². The number of carbonyl (C=O) groups excluding carboxylic acids is 1. The molecule has 0 radical (unpaired) electrons. The minimum atomic E-state index is -5.31. The van der Waals surface area contributed by atoms with Crippen LogP contribution in [0.2, 0.25) is 0 Å². The Kier molecular flexibility index (Phi) is 2.60. The van der Waals surface area contributed by atoms with Crippen molar-refractivity contribution in [3.63, 3.8) is 0 Å². The molecule has 1 amide bonds. The minimum absolute atomic E-state index is 0.218. The maximum atomic E-state index is 13.1. The molecular weight excluding hydrogens is 311 g/mol. The fraction of sp³-hybridized carbons (Fsp3) is 0.545. The van der Waals surface area contributed by atoms with Gasteiger partial charge in [0.2, 0.25) is 0 Å². The third kappa shape index (κ3) is 1.75. The van der Waals surface area contributed by atoms with Gasteiger partial charge in [0, 0.05) is 11.3 Å². The van der Waals surface area contributed by atoms with E-state index in [-0.39, 0.29) is 22.3 Å². The van der Waals surface area contributed by atoms with Crippen LogP contribution in [0.4, 0.5) is 19.0 Å². The highest BCUT2D eigenvalue weighted by atomic mass is 32.2. The lowest BCUT2D eigenvalue weighted by atomic mass is 9.97. The van der Waals surface area contributed by atoms with Gasteiger partial charge in [-0.1, -0.05) is 11.8 Å². The predicted molar refractivity (Wildman–Crippen MR) is 67.0 cm³/mol. The summed E-state index contributed by atoms with van der Waals surface area (Å²) in [4.78, 5) is 27.1. The fourth-order valence-corrected chi connectivity index (χ4v) is 3.54. The van der Waals surface area contributed by atoms with Gasteiger partial charge in [0.1, 0.15) is 11.4 Å². The van der Waals surface area contributed by atoms with E-state index in [1.54, 1.807) is 0 Å². The summed E-state index contributed by atoms with van der Waals surface area (Å²) >= 11 is 1.22. The summed E-state index contributed by atoms with van der Waals surface area (Å²) in [6.07, 6.45) is -5.31. The molecule has 2 aliphatic rings. The zero-order valence-corrected chi connectivity index (χ0v) is 11.7. The highest BCUT2D eigenvalue weighted by Crippen LogP contribution is 2.48. The number of nitrogens with zero attached hydrogens (tertiary/aromatic N) is 2. The van der Waals surface area contributed by atoms with Crippen molar-refractivity contribution in [2.75, 3.05) is 5.32 Å². The lowest BCUT2D eigenvalue weighted by molar-refractivity contribution is -0.252. The van der Waals surface area contributed by atoms with Gasteiger partial charge in [-0.3, -0.25) is 9.59 Å². The molecule has 10 heteroatoms. The maximum absolute atomic E-state index is 13.1. The van der Waals surface area contributed by atoms with E-state index in [2.05, 4.69) is 4.98 Å². The van der Waals surface area contributed by atoms with Gasteiger partial charge < -0.3 is 15.0 Å². The summed E-state index contributed by atoms with van der Waals surface area (Å²) in [7, 11) is 0. The van der Waals surface area contributed by atoms with Crippen LogP contribution >= 0.6 is 11.8 Å². The first kappa shape index (κ1) is 14.4. The van der Waals surface area contributed by atoms with Gasteiger partial charge in [-0.25, -0.2) is 0 Å². The van der Waals surface area contributed by atoms with Crippen molar-refractivity contribution >= 4 is 23.5 Å². The SMILES string of the molecule is CC1(C)Cn2c(nc(=O)c3c2NC(=O)[C@]3(O)C(F)(F)F)S1. The number of halogens is 3. The summed E-state index contributed by atoms with van der Waals surface area (Å²) < 4.78 is 40.1. The Bertz CT molecular complexity index is 728. The third-order valence-corrected chi connectivity index (χ3v) is 4.56. The van der Waals surface area contributed by atoms with Crippen molar-refractivity contribution in [1.82, 2.24) is 9.55 Å². The van der Waals surface area contributed by atoms with E-state index in [1.807, 2.05) is 19.2 Å². The zero-order chi connectivity index (χ0) is 15.8. The van der Waals surface area contributed by atoms with Gasteiger partial charge >= 0.3 is 6.18 Å². The second-order valence-corrected chi connectivity index (χ2v) is 7.21. The smallest absolute Gasteiger partial charge is 0.368 e. The topological polar surface area (TPSA) is 84.2 Å². The van der Waals surface area contributed by atoms with Crippen LogP contribution in [0.3, 0.4) is 0 Å². The van der Waals surface area contributed by atoms with E-state index in [1.165, 1.54) is 16.3 Å². The standard InChI is InChI=1S/C11H10F3N3O3S/c1-9(2)3-17-5-4(6(18)16-8(17)21-9)10(20,7(19)15-5)11(12,13)14/h20H,3H2,1-2H3,(H,15,19)/t10-/m0/s1. The van der Waals surface area contributed by atoms with Gasteiger partial charge in [-0.05, 0) is 13.8 Å². The summed E-state index contributed by atoms with van der Waals surface area (Å²) in [6.45, 7) is 3.92. The first-order chi connectivity index (χ1) is 9.47. The van der Waals surface area contributed by atoms with Crippen molar-refractivity contribution < 1.29 is 23.1 Å².